The molecule has 0 spiro atoms. The van der Waals surface area contributed by atoms with Crippen molar-refractivity contribution in [3.05, 3.63) is 59.2 Å². The molecule has 0 aliphatic rings. The fourth-order valence-electron chi connectivity index (χ4n) is 2.08. The number of nitrogens with one attached hydrogen (secondary N) is 1. The van der Waals surface area contributed by atoms with Crippen LogP contribution < -0.4 is 10.1 Å². The maximum atomic E-state index is 12.8. The molecule has 1 N–H and O–H groups in total. The van der Waals surface area contributed by atoms with E-state index in [4.69, 9.17) is 4.74 Å². The molecule has 0 saturated carbocycles. The molecule has 140 valence electrons. The van der Waals surface area contributed by atoms with E-state index >= 15 is 0 Å². The molecule has 0 bridgehead atoms. The van der Waals surface area contributed by atoms with Crippen molar-refractivity contribution in [2.75, 3.05) is 11.9 Å². The molecule has 1 amide bonds. The number of aryl methyl sites for hydroxylation is 1. The number of alkyl halides is 6. The van der Waals surface area contributed by atoms with Crippen molar-refractivity contribution in [1.82, 2.24) is 0 Å². The third-order valence-corrected chi connectivity index (χ3v) is 3.23. The van der Waals surface area contributed by atoms with Gasteiger partial charge in [0.05, 0.1) is 11.1 Å². The second kappa shape index (κ2) is 7.27. The lowest BCUT2D eigenvalue weighted by Gasteiger charge is -2.15. The number of ether oxygens (including phenoxy) is 1. The Morgan fingerprint density at radius 2 is 1.54 bits per heavy atom. The lowest BCUT2D eigenvalue weighted by atomic mass is 10.1. The van der Waals surface area contributed by atoms with Crippen LogP contribution in [-0.4, -0.2) is 12.5 Å². The number of rotatable bonds is 4. The van der Waals surface area contributed by atoms with Gasteiger partial charge in [0.2, 0.25) is 0 Å². The Balaban J connectivity index is 2.15. The third-order valence-electron chi connectivity index (χ3n) is 3.23. The Morgan fingerprint density at radius 3 is 2.04 bits per heavy atom. The van der Waals surface area contributed by atoms with Crippen LogP contribution in [0.25, 0.3) is 0 Å². The highest BCUT2D eigenvalue weighted by Gasteiger charge is 2.37. The van der Waals surface area contributed by atoms with E-state index in [1.165, 1.54) is 0 Å². The van der Waals surface area contributed by atoms with Crippen LogP contribution in [0.15, 0.2) is 42.5 Å². The minimum atomic E-state index is -4.99. The van der Waals surface area contributed by atoms with Crippen LogP contribution in [0.4, 0.5) is 32.0 Å². The number of carbonyl (C=O) groups excluding carboxylic acids is 1. The molecule has 0 atom stereocenters. The Labute approximate surface area is 144 Å². The van der Waals surface area contributed by atoms with Crippen LogP contribution in [0.3, 0.4) is 0 Å². The minimum absolute atomic E-state index is 0.0150. The zero-order chi connectivity index (χ0) is 19.5. The van der Waals surface area contributed by atoms with Gasteiger partial charge in [-0.15, -0.1) is 0 Å². The summed E-state index contributed by atoms with van der Waals surface area (Å²) in [6.45, 7) is 1.22. The normalized spacial score (nSPS) is 12.0. The third kappa shape index (κ3) is 5.40. The fraction of sp³-hybridized carbons (Fsp3) is 0.235. The van der Waals surface area contributed by atoms with Crippen molar-refractivity contribution < 1.29 is 35.9 Å². The molecule has 0 heterocycles. The molecule has 0 aliphatic carbocycles. The summed E-state index contributed by atoms with van der Waals surface area (Å²) in [7, 11) is 0. The molecule has 26 heavy (non-hydrogen) atoms. The molecule has 2 aromatic carbocycles. The van der Waals surface area contributed by atoms with Crippen LogP contribution in [0.1, 0.15) is 16.7 Å². The van der Waals surface area contributed by atoms with Crippen molar-refractivity contribution in [2.24, 2.45) is 0 Å². The molecule has 0 aromatic heterocycles. The summed E-state index contributed by atoms with van der Waals surface area (Å²) in [5.41, 5.74) is -2.79. The maximum Gasteiger partial charge on any atom is 0.416 e. The van der Waals surface area contributed by atoms with Gasteiger partial charge in [0.1, 0.15) is 5.75 Å². The Morgan fingerprint density at radius 1 is 0.962 bits per heavy atom. The van der Waals surface area contributed by atoms with E-state index in [2.05, 4.69) is 0 Å². The summed E-state index contributed by atoms with van der Waals surface area (Å²) >= 11 is 0. The van der Waals surface area contributed by atoms with E-state index in [-0.39, 0.29) is 6.07 Å². The summed E-state index contributed by atoms with van der Waals surface area (Å²) in [6, 6.07) is 7.49. The zero-order valence-electron chi connectivity index (χ0n) is 13.3. The van der Waals surface area contributed by atoms with Gasteiger partial charge in [0, 0.05) is 5.69 Å². The van der Waals surface area contributed by atoms with Gasteiger partial charge < -0.3 is 10.1 Å². The van der Waals surface area contributed by atoms with E-state index in [0.29, 0.717) is 17.9 Å². The zero-order valence-corrected chi connectivity index (χ0v) is 13.3. The lowest BCUT2D eigenvalue weighted by molar-refractivity contribution is -0.143. The molecular formula is C17H13F6NO2. The van der Waals surface area contributed by atoms with Gasteiger partial charge >= 0.3 is 12.4 Å². The summed E-state index contributed by atoms with van der Waals surface area (Å²) < 4.78 is 81.8. The van der Waals surface area contributed by atoms with Crippen molar-refractivity contribution >= 4 is 11.6 Å². The van der Waals surface area contributed by atoms with Crippen molar-refractivity contribution in [2.45, 2.75) is 19.3 Å². The first kappa shape index (κ1) is 19.6. The number of amides is 1. The number of hydrogen-bond donors (Lipinski definition) is 1. The fourth-order valence-corrected chi connectivity index (χ4v) is 2.08. The van der Waals surface area contributed by atoms with Crippen LogP contribution >= 0.6 is 0 Å². The Hall–Kier alpha value is -2.71. The monoisotopic (exact) mass is 377 g/mol. The molecule has 2 rings (SSSR count). The lowest BCUT2D eigenvalue weighted by Crippen LogP contribution is -2.21. The quantitative estimate of drug-likeness (QED) is 0.758. The van der Waals surface area contributed by atoms with Crippen molar-refractivity contribution in [1.29, 1.82) is 0 Å². The highest BCUT2D eigenvalue weighted by atomic mass is 19.4. The maximum absolute atomic E-state index is 12.8. The molecule has 0 aliphatic heterocycles. The average Bonchev–Trinajstić information content (AvgIpc) is 2.51. The van der Waals surface area contributed by atoms with E-state index in [1.807, 2.05) is 5.32 Å². The highest BCUT2D eigenvalue weighted by molar-refractivity contribution is 5.92. The number of hydrogen-bond acceptors (Lipinski definition) is 2. The number of anilines is 1. The summed E-state index contributed by atoms with van der Waals surface area (Å²) in [6.07, 6.45) is -9.97. The standard InChI is InChI=1S/C17H13F6NO2/c1-10-3-2-4-14(5-10)26-9-15(25)24-13-7-11(16(18,19)20)6-12(8-13)17(21,22)23/h2-8H,9H2,1H3,(H,24,25). The SMILES string of the molecule is Cc1cccc(OCC(=O)Nc2cc(C(F)(F)F)cc(C(F)(F)F)c2)c1. The molecule has 0 saturated heterocycles. The molecular weight excluding hydrogens is 364 g/mol. The van der Waals surface area contributed by atoms with Gasteiger partial charge in [0.15, 0.2) is 6.61 Å². The van der Waals surface area contributed by atoms with Crippen molar-refractivity contribution in [3.8, 4) is 5.75 Å². The predicted octanol–water partition coefficient (Wildman–Crippen LogP) is 5.05. The summed E-state index contributed by atoms with van der Waals surface area (Å²) in [4.78, 5) is 11.8. The van der Waals surface area contributed by atoms with E-state index in [1.54, 1.807) is 31.2 Å². The van der Waals surface area contributed by atoms with Gasteiger partial charge in [-0.2, -0.15) is 26.3 Å². The number of benzene rings is 2. The van der Waals surface area contributed by atoms with Crippen LogP contribution in [0.2, 0.25) is 0 Å². The Bertz CT molecular complexity index is 766. The first-order chi connectivity index (χ1) is 11.9. The second-order valence-electron chi connectivity index (χ2n) is 5.45. The molecule has 0 radical (unpaired) electrons. The van der Waals surface area contributed by atoms with Gasteiger partial charge in [0.25, 0.3) is 5.91 Å². The number of halogens is 6. The summed E-state index contributed by atoms with van der Waals surface area (Å²) in [5.74, 6) is -0.542. The van der Waals surface area contributed by atoms with Crippen LogP contribution in [-0.2, 0) is 17.1 Å². The summed E-state index contributed by atoms with van der Waals surface area (Å²) in [5, 5.41) is 1.99. The van der Waals surface area contributed by atoms with Gasteiger partial charge in [-0.3, -0.25) is 4.79 Å². The van der Waals surface area contributed by atoms with Gasteiger partial charge in [-0.25, -0.2) is 0 Å². The van der Waals surface area contributed by atoms with Crippen molar-refractivity contribution in [3.63, 3.8) is 0 Å². The molecule has 0 unspecified atom stereocenters. The molecule has 9 heteroatoms. The first-order valence-electron chi connectivity index (χ1n) is 7.24. The Kier molecular flexibility index (Phi) is 5.48. The molecule has 2 aromatic rings. The van der Waals surface area contributed by atoms with Gasteiger partial charge in [-0.1, -0.05) is 12.1 Å². The largest absolute Gasteiger partial charge is 0.484 e. The minimum Gasteiger partial charge on any atom is -0.484 e. The van der Waals surface area contributed by atoms with E-state index in [9.17, 15) is 31.1 Å². The topological polar surface area (TPSA) is 38.3 Å². The average molecular weight is 377 g/mol. The van der Waals surface area contributed by atoms with E-state index in [0.717, 1.165) is 5.56 Å². The number of carbonyl (C=O) groups is 1. The van der Waals surface area contributed by atoms with E-state index < -0.39 is 41.7 Å². The second-order valence-corrected chi connectivity index (χ2v) is 5.45. The smallest absolute Gasteiger partial charge is 0.416 e. The molecule has 0 fully saturated rings. The highest BCUT2D eigenvalue weighted by Crippen LogP contribution is 2.37. The predicted molar refractivity (Wildman–Crippen MR) is 81.7 cm³/mol. The van der Waals surface area contributed by atoms with Crippen LogP contribution in [0.5, 0.6) is 5.75 Å². The molecule has 3 nitrogen and oxygen atoms in total. The van der Waals surface area contributed by atoms with Crippen LogP contribution in [0, 0.1) is 6.92 Å². The first-order valence-corrected chi connectivity index (χ1v) is 7.24. The van der Waals surface area contributed by atoms with Gasteiger partial charge in [-0.05, 0) is 42.8 Å².